The van der Waals surface area contributed by atoms with Gasteiger partial charge in [0.05, 0.1) is 11.7 Å². The minimum absolute atomic E-state index is 0.100. The fourth-order valence-corrected chi connectivity index (χ4v) is 2.81. The lowest BCUT2D eigenvalue weighted by molar-refractivity contribution is -0.0454. The molecular weight excluding hydrogens is 200 g/mol. The molecule has 2 aliphatic heterocycles. The van der Waals surface area contributed by atoms with Crippen LogP contribution in [0.5, 0.6) is 0 Å². The summed E-state index contributed by atoms with van der Waals surface area (Å²) < 4.78 is 6.08. The van der Waals surface area contributed by atoms with Crippen LogP contribution in [0.1, 0.15) is 40.5 Å². The molecule has 94 valence electrons. The third kappa shape index (κ3) is 2.76. The van der Waals surface area contributed by atoms with Gasteiger partial charge in [0.2, 0.25) is 0 Å². The Hall–Kier alpha value is -0.120. The van der Waals surface area contributed by atoms with Gasteiger partial charge in [-0.1, -0.05) is 0 Å². The Bertz CT molecular complexity index is 250. The van der Waals surface area contributed by atoms with Crippen molar-refractivity contribution >= 4 is 0 Å². The highest BCUT2D eigenvalue weighted by atomic mass is 16.5. The number of ether oxygens (including phenoxy) is 1. The molecule has 0 saturated carbocycles. The molecule has 0 radical (unpaired) electrons. The molecule has 0 aromatic carbocycles. The molecule has 2 rings (SSSR count). The van der Waals surface area contributed by atoms with Crippen LogP contribution in [0.15, 0.2) is 0 Å². The molecule has 2 aliphatic rings. The summed E-state index contributed by atoms with van der Waals surface area (Å²) in [4.78, 5) is 2.58. The summed E-state index contributed by atoms with van der Waals surface area (Å²) in [5, 5.41) is 3.46. The maximum Gasteiger partial charge on any atom is 0.0710 e. The van der Waals surface area contributed by atoms with Gasteiger partial charge < -0.3 is 10.1 Å². The van der Waals surface area contributed by atoms with Crippen molar-refractivity contribution in [3.05, 3.63) is 0 Å². The average molecular weight is 226 g/mol. The van der Waals surface area contributed by atoms with Gasteiger partial charge >= 0.3 is 0 Å². The second-order valence-electron chi connectivity index (χ2n) is 6.47. The van der Waals surface area contributed by atoms with Crippen molar-refractivity contribution < 1.29 is 4.74 Å². The van der Waals surface area contributed by atoms with Gasteiger partial charge in [0, 0.05) is 31.7 Å². The maximum absolute atomic E-state index is 6.08. The first-order chi connectivity index (χ1) is 7.39. The van der Waals surface area contributed by atoms with Gasteiger partial charge in [-0.15, -0.1) is 0 Å². The molecule has 2 heterocycles. The minimum Gasteiger partial charge on any atom is -0.371 e. The second-order valence-corrected chi connectivity index (χ2v) is 6.47. The fourth-order valence-electron chi connectivity index (χ4n) is 2.81. The van der Waals surface area contributed by atoms with E-state index in [-0.39, 0.29) is 11.1 Å². The molecule has 1 unspecified atom stereocenters. The molecular formula is C13H26N2O. The van der Waals surface area contributed by atoms with Crippen LogP contribution in [0.2, 0.25) is 0 Å². The first kappa shape index (κ1) is 12.3. The normalized spacial score (nSPS) is 34.1. The quantitative estimate of drug-likeness (QED) is 0.774. The third-order valence-electron chi connectivity index (χ3n) is 3.95. The zero-order valence-corrected chi connectivity index (χ0v) is 11.2. The second kappa shape index (κ2) is 4.28. The molecule has 0 amide bonds. The van der Waals surface area contributed by atoms with Crippen molar-refractivity contribution in [2.45, 2.75) is 57.8 Å². The monoisotopic (exact) mass is 226 g/mol. The Morgan fingerprint density at radius 2 is 2.06 bits per heavy atom. The SMILES string of the molecule is CC1(C)CCC(CN2CCNCC2(C)C)O1. The Morgan fingerprint density at radius 1 is 1.31 bits per heavy atom. The fraction of sp³-hybridized carbons (Fsp3) is 1.00. The van der Waals surface area contributed by atoms with Crippen LogP contribution in [-0.4, -0.2) is 48.3 Å². The number of nitrogens with one attached hydrogen (secondary N) is 1. The van der Waals surface area contributed by atoms with E-state index in [9.17, 15) is 0 Å². The summed E-state index contributed by atoms with van der Waals surface area (Å²) in [5.74, 6) is 0. The van der Waals surface area contributed by atoms with Crippen molar-refractivity contribution in [1.29, 1.82) is 0 Å². The first-order valence-electron chi connectivity index (χ1n) is 6.53. The van der Waals surface area contributed by atoms with Crippen LogP contribution < -0.4 is 5.32 Å². The lowest BCUT2D eigenvalue weighted by Crippen LogP contribution is -2.59. The van der Waals surface area contributed by atoms with E-state index in [0.29, 0.717) is 6.10 Å². The molecule has 1 N–H and O–H groups in total. The van der Waals surface area contributed by atoms with Gasteiger partial charge in [0.15, 0.2) is 0 Å². The molecule has 0 bridgehead atoms. The van der Waals surface area contributed by atoms with Crippen LogP contribution in [0, 0.1) is 0 Å². The van der Waals surface area contributed by atoms with E-state index >= 15 is 0 Å². The minimum atomic E-state index is 0.100. The van der Waals surface area contributed by atoms with E-state index in [1.807, 2.05) is 0 Å². The van der Waals surface area contributed by atoms with Crippen molar-refractivity contribution in [1.82, 2.24) is 10.2 Å². The summed E-state index contributed by atoms with van der Waals surface area (Å²) in [6, 6.07) is 0. The first-order valence-corrected chi connectivity index (χ1v) is 6.53. The molecule has 16 heavy (non-hydrogen) atoms. The molecule has 0 aromatic rings. The number of hydrogen-bond acceptors (Lipinski definition) is 3. The number of nitrogens with zero attached hydrogens (tertiary/aromatic N) is 1. The number of piperazine rings is 1. The number of rotatable bonds is 2. The summed E-state index contributed by atoms with van der Waals surface area (Å²) in [6.45, 7) is 13.5. The summed E-state index contributed by atoms with van der Waals surface area (Å²) >= 11 is 0. The summed E-state index contributed by atoms with van der Waals surface area (Å²) in [7, 11) is 0. The van der Waals surface area contributed by atoms with Crippen LogP contribution in [0.25, 0.3) is 0 Å². The molecule has 0 aromatic heterocycles. The van der Waals surface area contributed by atoms with Crippen molar-refractivity contribution in [3.8, 4) is 0 Å². The standard InChI is InChI=1S/C13H26N2O/c1-12(2)10-14-7-8-15(12)9-11-5-6-13(3,4)16-11/h11,14H,5-10H2,1-4H3. The van der Waals surface area contributed by atoms with E-state index in [2.05, 4.69) is 37.9 Å². The van der Waals surface area contributed by atoms with E-state index in [1.165, 1.54) is 12.8 Å². The average Bonchev–Trinajstić information content (AvgIpc) is 2.49. The number of hydrogen-bond donors (Lipinski definition) is 1. The Balaban J connectivity index is 1.89. The Labute approximate surface area is 99.5 Å². The summed E-state index contributed by atoms with van der Waals surface area (Å²) in [6.07, 6.45) is 2.85. The van der Waals surface area contributed by atoms with Gasteiger partial charge in [-0.05, 0) is 40.5 Å². The van der Waals surface area contributed by atoms with E-state index in [4.69, 9.17) is 4.74 Å². The molecule has 3 heteroatoms. The van der Waals surface area contributed by atoms with Crippen molar-refractivity contribution in [2.75, 3.05) is 26.2 Å². The lowest BCUT2D eigenvalue weighted by Gasteiger charge is -2.44. The highest BCUT2D eigenvalue weighted by molar-refractivity contribution is 4.91. The van der Waals surface area contributed by atoms with Gasteiger partial charge in [-0.2, -0.15) is 0 Å². The van der Waals surface area contributed by atoms with Crippen LogP contribution in [-0.2, 0) is 4.74 Å². The molecule has 2 saturated heterocycles. The largest absolute Gasteiger partial charge is 0.371 e. The molecule has 0 spiro atoms. The maximum atomic E-state index is 6.08. The zero-order chi connectivity index (χ0) is 11.8. The van der Waals surface area contributed by atoms with Crippen LogP contribution in [0.3, 0.4) is 0 Å². The molecule has 1 atom stereocenters. The summed E-state index contributed by atoms with van der Waals surface area (Å²) in [5.41, 5.74) is 0.372. The third-order valence-corrected chi connectivity index (χ3v) is 3.95. The van der Waals surface area contributed by atoms with Gasteiger partial charge in [-0.25, -0.2) is 0 Å². The smallest absolute Gasteiger partial charge is 0.0710 e. The van der Waals surface area contributed by atoms with Crippen LogP contribution in [0.4, 0.5) is 0 Å². The predicted octanol–water partition coefficient (Wildman–Crippen LogP) is 1.63. The zero-order valence-electron chi connectivity index (χ0n) is 11.2. The Kier molecular flexibility index (Phi) is 3.30. The van der Waals surface area contributed by atoms with Gasteiger partial charge in [-0.3, -0.25) is 4.90 Å². The van der Waals surface area contributed by atoms with Crippen LogP contribution >= 0.6 is 0 Å². The topological polar surface area (TPSA) is 24.5 Å². The van der Waals surface area contributed by atoms with Gasteiger partial charge in [0.1, 0.15) is 0 Å². The lowest BCUT2D eigenvalue weighted by atomic mass is 9.99. The van der Waals surface area contributed by atoms with Crippen molar-refractivity contribution in [3.63, 3.8) is 0 Å². The molecule has 3 nitrogen and oxygen atoms in total. The van der Waals surface area contributed by atoms with Crippen molar-refractivity contribution in [2.24, 2.45) is 0 Å². The highest BCUT2D eigenvalue weighted by Crippen LogP contribution is 2.31. The van der Waals surface area contributed by atoms with Gasteiger partial charge in [0.25, 0.3) is 0 Å². The van der Waals surface area contributed by atoms with E-state index < -0.39 is 0 Å². The molecule has 0 aliphatic carbocycles. The molecule has 2 fully saturated rings. The predicted molar refractivity (Wildman–Crippen MR) is 66.7 cm³/mol. The van der Waals surface area contributed by atoms with E-state index in [1.54, 1.807) is 0 Å². The Morgan fingerprint density at radius 3 is 2.62 bits per heavy atom. The van der Waals surface area contributed by atoms with E-state index in [0.717, 1.165) is 26.2 Å². The highest BCUT2D eigenvalue weighted by Gasteiger charge is 2.36.